The van der Waals surface area contributed by atoms with Crippen LogP contribution in [0.5, 0.6) is 0 Å². The van der Waals surface area contributed by atoms with Gasteiger partial charge in [-0.3, -0.25) is 14.6 Å². The largest absolute Gasteiger partial charge is 0.360 e. The third-order valence-electron chi connectivity index (χ3n) is 6.18. The van der Waals surface area contributed by atoms with Crippen LogP contribution in [0.1, 0.15) is 11.1 Å². The summed E-state index contributed by atoms with van der Waals surface area (Å²) in [5.41, 5.74) is 1.47. The number of carbonyl (C=O) groups is 2. The molecule has 148 valence electrons. The lowest BCUT2D eigenvalue weighted by Gasteiger charge is -2.23. The molecule has 4 heterocycles. The van der Waals surface area contributed by atoms with Gasteiger partial charge in [-0.05, 0) is 23.6 Å². The van der Waals surface area contributed by atoms with Crippen LogP contribution in [0, 0.1) is 11.8 Å². The third-order valence-corrected chi connectivity index (χ3v) is 6.18. The van der Waals surface area contributed by atoms with Crippen molar-refractivity contribution in [3.05, 3.63) is 78.1 Å². The lowest BCUT2D eigenvalue weighted by atomic mass is 9.77. The van der Waals surface area contributed by atoms with E-state index in [4.69, 9.17) is 4.74 Å². The van der Waals surface area contributed by atoms with E-state index in [0.29, 0.717) is 19.6 Å². The van der Waals surface area contributed by atoms with Crippen molar-refractivity contribution in [1.29, 1.82) is 0 Å². The van der Waals surface area contributed by atoms with Crippen molar-refractivity contribution in [2.75, 3.05) is 13.1 Å². The molecule has 4 atom stereocenters. The second-order valence-electron chi connectivity index (χ2n) is 7.97. The maximum absolute atomic E-state index is 13.2. The minimum atomic E-state index is -0.658. The molecule has 2 aromatic rings. The lowest BCUT2D eigenvalue weighted by Crippen LogP contribution is -2.44. The van der Waals surface area contributed by atoms with Crippen LogP contribution < -0.4 is 5.32 Å². The van der Waals surface area contributed by atoms with Crippen molar-refractivity contribution in [2.24, 2.45) is 11.8 Å². The number of pyridine rings is 1. The van der Waals surface area contributed by atoms with Crippen LogP contribution in [0.2, 0.25) is 0 Å². The number of carbonyl (C=O) groups excluding carboxylic acids is 2. The number of amides is 2. The van der Waals surface area contributed by atoms with E-state index in [1.165, 1.54) is 5.56 Å². The highest BCUT2D eigenvalue weighted by Gasteiger charge is 2.66. The summed E-state index contributed by atoms with van der Waals surface area (Å²) in [6.45, 7) is 1.54. The zero-order chi connectivity index (χ0) is 19.8. The van der Waals surface area contributed by atoms with Crippen molar-refractivity contribution >= 4 is 11.8 Å². The first-order valence-electron chi connectivity index (χ1n) is 10.0. The molecule has 0 aliphatic carbocycles. The molecular formula is C23H23N3O3. The molecule has 2 saturated heterocycles. The van der Waals surface area contributed by atoms with Crippen LogP contribution in [0.4, 0.5) is 0 Å². The highest BCUT2D eigenvalue weighted by molar-refractivity contribution is 5.93. The maximum atomic E-state index is 13.2. The Bertz CT molecular complexity index is 946. The van der Waals surface area contributed by atoms with Gasteiger partial charge in [0.15, 0.2) is 0 Å². The molecular weight excluding hydrogens is 366 g/mol. The summed E-state index contributed by atoms with van der Waals surface area (Å²) in [7, 11) is 0. The van der Waals surface area contributed by atoms with Crippen molar-refractivity contribution in [2.45, 2.75) is 24.7 Å². The minimum Gasteiger partial charge on any atom is -0.360 e. The molecule has 3 aliphatic rings. The van der Waals surface area contributed by atoms with Crippen molar-refractivity contribution < 1.29 is 14.3 Å². The molecule has 3 aliphatic heterocycles. The third kappa shape index (κ3) is 3.13. The van der Waals surface area contributed by atoms with Gasteiger partial charge in [-0.15, -0.1) is 0 Å². The molecule has 1 N–H and O–H groups in total. The average Bonchev–Trinajstić information content (AvgIpc) is 3.40. The molecule has 0 radical (unpaired) electrons. The van der Waals surface area contributed by atoms with E-state index < -0.39 is 17.4 Å². The number of rotatable bonds is 6. The number of likely N-dealkylation sites (tertiary alicyclic amines) is 1. The SMILES string of the molecule is O=C(NCc1cccnc1)[C@@H]1[C@@H]2C=C[C@@]3(CN(CCc4ccccc4)C(=O)[C@H]13)O2. The monoisotopic (exact) mass is 389 g/mol. The molecule has 6 nitrogen and oxygen atoms in total. The van der Waals surface area contributed by atoms with Gasteiger partial charge in [0, 0.05) is 25.5 Å². The second-order valence-corrected chi connectivity index (χ2v) is 7.97. The number of benzene rings is 1. The Morgan fingerprint density at radius 3 is 2.83 bits per heavy atom. The molecule has 2 amide bonds. The normalized spacial score (nSPS) is 29.3. The van der Waals surface area contributed by atoms with Gasteiger partial charge in [0.25, 0.3) is 0 Å². The quantitative estimate of drug-likeness (QED) is 0.764. The number of ether oxygens (including phenoxy) is 1. The summed E-state index contributed by atoms with van der Waals surface area (Å²) in [4.78, 5) is 32.1. The first-order chi connectivity index (χ1) is 14.2. The predicted octanol–water partition coefficient (Wildman–Crippen LogP) is 1.72. The summed E-state index contributed by atoms with van der Waals surface area (Å²) < 4.78 is 6.18. The number of hydrogen-bond acceptors (Lipinski definition) is 4. The van der Waals surface area contributed by atoms with E-state index in [9.17, 15) is 9.59 Å². The smallest absolute Gasteiger partial charge is 0.230 e. The summed E-state index contributed by atoms with van der Waals surface area (Å²) in [6, 6.07) is 13.9. The van der Waals surface area contributed by atoms with Gasteiger partial charge in [-0.2, -0.15) is 0 Å². The fraction of sp³-hybridized carbons (Fsp3) is 0.348. The fourth-order valence-electron chi connectivity index (χ4n) is 4.79. The van der Waals surface area contributed by atoms with Gasteiger partial charge >= 0.3 is 0 Å². The number of nitrogens with zero attached hydrogens (tertiary/aromatic N) is 2. The van der Waals surface area contributed by atoms with Crippen LogP contribution in [-0.2, 0) is 27.3 Å². The van der Waals surface area contributed by atoms with Gasteiger partial charge in [-0.1, -0.05) is 48.6 Å². The van der Waals surface area contributed by atoms with Crippen molar-refractivity contribution in [3.63, 3.8) is 0 Å². The lowest BCUT2D eigenvalue weighted by molar-refractivity contribution is -0.137. The standard InChI is InChI=1S/C23H23N3O3/c27-21(25-14-17-7-4-11-24-13-17)19-18-8-10-23(29-18)15-26(22(28)20(19)23)12-9-16-5-2-1-3-6-16/h1-8,10-11,13,18-20H,9,12,14-15H2,(H,25,27)/t18-,19+,20-,23-/m0/s1. The first kappa shape index (κ1) is 18.1. The Morgan fingerprint density at radius 2 is 2.03 bits per heavy atom. The minimum absolute atomic E-state index is 0.0225. The number of fused-ring (bicyclic) bond motifs is 1. The molecule has 29 heavy (non-hydrogen) atoms. The van der Waals surface area contributed by atoms with Gasteiger partial charge in [0.1, 0.15) is 5.60 Å². The topological polar surface area (TPSA) is 71.5 Å². The van der Waals surface area contributed by atoms with Gasteiger partial charge in [0.05, 0.1) is 24.5 Å². The Morgan fingerprint density at radius 1 is 1.21 bits per heavy atom. The van der Waals surface area contributed by atoms with Crippen molar-refractivity contribution in [1.82, 2.24) is 15.2 Å². The number of hydrogen-bond donors (Lipinski definition) is 1. The maximum Gasteiger partial charge on any atom is 0.230 e. The van der Waals surface area contributed by atoms with Gasteiger partial charge in [-0.25, -0.2) is 0 Å². The van der Waals surface area contributed by atoms with Crippen LogP contribution >= 0.6 is 0 Å². The summed E-state index contributed by atoms with van der Waals surface area (Å²) in [5.74, 6) is -1.03. The Balaban J connectivity index is 1.28. The summed E-state index contributed by atoms with van der Waals surface area (Å²) >= 11 is 0. The highest BCUT2D eigenvalue weighted by Crippen LogP contribution is 2.51. The molecule has 0 saturated carbocycles. The van der Waals surface area contributed by atoms with E-state index in [0.717, 1.165) is 12.0 Å². The van der Waals surface area contributed by atoms with E-state index in [2.05, 4.69) is 22.4 Å². The first-order valence-corrected chi connectivity index (χ1v) is 10.0. The summed E-state index contributed by atoms with van der Waals surface area (Å²) in [5, 5.41) is 2.96. The number of aromatic nitrogens is 1. The molecule has 6 heteroatoms. The zero-order valence-corrected chi connectivity index (χ0v) is 16.0. The van der Waals surface area contributed by atoms with Gasteiger partial charge < -0.3 is 15.0 Å². The van der Waals surface area contributed by atoms with Crippen LogP contribution in [-0.4, -0.2) is 46.5 Å². The van der Waals surface area contributed by atoms with Crippen LogP contribution in [0.15, 0.2) is 67.0 Å². The second kappa shape index (κ2) is 7.12. The number of nitrogens with one attached hydrogen (secondary N) is 1. The average molecular weight is 389 g/mol. The van der Waals surface area contributed by atoms with E-state index in [1.807, 2.05) is 47.4 Å². The van der Waals surface area contributed by atoms with E-state index >= 15 is 0 Å². The fourth-order valence-corrected chi connectivity index (χ4v) is 4.79. The molecule has 5 rings (SSSR count). The Labute approximate surface area is 169 Å². The van der Waals surface area contributed by atoms with Gasteiger partial charge in [0.2, 0.25) is 11.8 Å². The van der Waals surface area contributed by atoms with Crippen LogP contribution in [0.25, 0.3) is 0 Å². The Hall–Kier alpha value is -2.99. The van der Waals surface area contributed by atoms with E-state index in [1.54, 1.807) is 12.4 Å². The van der Waals surface area contributed by atoms with Crippen LogP contribution in [0.3, 0.4) is 0 Å². The van der Waals surface area contributed by atoms with E-state index in [-0.39, 0.29) is 17.9 Å². The summed E-state index contributed by atoms with van der Waals surface area (Å²) in [6.07, 6.45) is 7.83. The highest BCUT2D eigenvalue weighted by atomic mass is 16.5. The molecule has 2 fully saturated rings. The molecule has 1 aromatic heterocycles. The molecule has 1 aromatic carbocycles. The Kier molecular flexibility index (Phi) is 4.43. The van der Waals surface area contributed by atoms with Crippen molar-refractivity contribution in [3.8, 4) is 0 Å². The predicted molar refractivity (Wildman–Crippen MR) is 107 cm³/mol. The molecule has 1 spiro atoms. The molecule has 0 unspecified atom stereocenters. The zero-order valence-electron chi connectivity index (χ0n) is 16.0. The molecule has 2 bridgehead atoms.